The molecular weight excluding hydrogens is 377 g/mol. The number of carbonyl (C=O) groups is 1. The molecule has 2 aromatic rings. The molecule has 2 rings (SSSR count). The van der Waals surface area contributed by atoms with Gasteiger partial charge in [0.05, 0.1) is 22.3 Å². The molecular formula is C16H14Cl2F2N2O3. The van der Waals surface area contributed by atoms with Crippen LogP contribution in [0.2, 0.25) is 10.0 Å². The van der Waals surface area contributed by atoms with Crippen LogP contribution in [0.15, 0.2) is 30.6 Å². The van der Waals surface area contributed by atoms with E-state index in [4.69, 9.17) is 27.9 Å². The van der Waals surface area contributed by atoms with E-state index in [0.717, 1.165) is 6.07 Å². The van der Waals surface area contributed by atoms with Crippen molar-refractivity contribution in [1.29, 1.82) is 0 Å². The Bertz CT molecular complexity index is 740. The molecule has 0 bridgehead atoms. The number of carbonyl (C=O) groups excluding carboxylic acids is 1. The molecule has 9 heteroatoms. The van der Waals surface area contributed by atoms with E-state index in [1.807, 2.05) is 6.92 Å². The van der Waals surface area contributed by atoms with E-state index in [2.05, 4.69) is 15.0 Å². The number of aromatic nitrogens is 1. The minimum absolute atomic E-state index is 0.0726. The van der Waals surface area contributed by atoms with E-state index in [0.29, 0.717) is 13.0 Å². The van der Waals surface area contributed by atoms with Gasteiger partial charge < -0.3 is 14.8 Å². The molecule has 0 atom stereocenters. The highest BCUT2D eigenvalue weighted by molar-refractivity contribution is 6.39. The third-order valence-electron chi connectivity index (χ3n) is 2.98. The summed E-state index contributed by atoms with van der Waals surface area (Å²) in [6, 6.07) is 3.97. The highest BCUT2D eigenvalue weighted by atomic mass is 35.5. The number of halogens is 4. The number of ether oxygens (including phenoxy) is 2. The van der Waals surface area contributed by atoms with Crippen LogP contribution in [0, 0.1) is 0 Å². The molecule has 1 N–H and O–H groups in total. The molecule has 1 aromatic heterocycles. The number of alkyl halides is 2. The first kappa shape index (κ1) is 19.2. The highest BCUT2D eigenvalue weighted by Crippen LogP contribution is 2.32. The molecule has 1 heterocycles. The average molecular weight is 391 g/mol. The second-order valence-corrected chi connectivity index (χ2v) is 5.64. The summed E-state index contributed by atoms with van der Waals surface area (Å²) in [6.07, 6.45) is 3.32. The Morgan fingerprint density at radius 3 is 2.52 bits per heavy atom. The maximum absolute atomic E-state index is 12.6. The van der Waals surface area contributed by atoms with Gasteiger partial charge in [0.15, 0.2) is 11.5 Å². The molecule has 0 aliphatic heterocycles. The standard InChI is InChI=1S/C16H14Cl2F2N2O3/c1-2-5-24-12-4-3-9(6-13(12)25-16(19)20)15(23)22-14-10(17)7-21-8-11(14)18/h3-4,6-8,16H,2,5H2,1H3,(H,21,22,23). The van der Waals surface area contributed by atoms with Crippen LogP contribution >= 0.6 is 23.2 Å². The Labute approximate surface area is 152 Å². The summed E-state index contributed by atoms with van der Waals surface area (Å²) in [5.41, 5.74) is 0.245. The normalized spacial score (nSPS) is 10.6. The largest absolute Gasteiger partial charge is 0.490 e. The summed E-state index contributed by atoms with van der Waals surface area (Å²) in [6.45, 7) is -0.850. The first-order valence-corrected chi connectivity index (χ1v) is 8.00. The van der Waals surface area contributed by atoms with E-state index in [1.165, 1.54) is 24.5 Å². The zero-order valence-electron chi connectivity index (χ0n) is 13.1. The van der Waals surface area contributed by atoms with E-state index in [1.54, 1.807) is 0 Å². The molecule has 0 aliphatic rings. The smallest absolute Gasteiger partial charge is 0.387 e. The fourth-order valence-electron chi connectivity index (χ4n) is 1.89. The summed E-state index contributed by atoms with van der Waals surface area (Å²) < 4.78 is 34.9. The minimum atomic E-state index is -3.05. The number of pyridine rings is 1. The summed E-state index contributed by atoms with van der Waals surface area (Å²) in [7, 11) is 0. The molecule has 5 nitrogen and oxygen atoms in total. The molecule has 0 fully saturated rings. The number of hydrogen-bond donors (Lipinski definition) is 1. The Kier molecular flexibility index (Phi) is 6.78. The molecule has 0 radical (unpaired) electrons. The minimum Gasteiger partial charge on any atom is -0.490 e. The first-order valence-electron chi connectivity index (χ1n) is 7.24. The van der Waals surface area contributed by atoms with E-state index in [-0.39, 0.29) is 32.8 Å². The number of benzene rings is 1. The van der Waals surface area contributed by atoms with Crippen molar-refractivity contribution in [1.82, 2.24) is 4.98 Å². The third-order valence-corrected chi connectivity index (χ3v) is 3.55. The lowest BCUT2D eigenvalue weighted by atomic mass is 10.2. The summed E-state index contributed by atoms with van der Waals surface area (Å²) in [5, 5.41) is 2.80. The molecule has 0 unspecified atom stereocenters. The zero-order valence-corrected chi connectivity index (χ0v) is 14.6. The van der Waals surface area contributed by atoms with Gasteiger partial charge in [0, 0.05) is 18.0 Å². The fourth-order valence-corrected chi connectivity index (χ4v) is 2.34. The Morgan fingerprint density at radius 2 is 1.92 bits per heavy atom. The van der Waals surface area contributed by atoms with E-state index in [9.17, 15) is 13.6 Å². The number of nitrogens with zero attached hydrogens (tertiary/aromatic N) is 1. The first-order chi connectivity index (χ1) is 11.9. The van der Waals surface area contributed by atoms with Gasteiger partial charge in [-0.3, -0.25) is 9.78 Å². The van der Waals surface area contributed by atoms with Crippen LogP contribution in [0.4, 0.5) is 14.5 Å². The van der Waals surface area contributed by atoms with E-state index >= 15 is 0 Å². The second kappa shape index (κ2) is 8.82. The van der Waals surface area contributed by atoms with Gasteiger partial charge in [0.2, 0.25) is 0 Å². The van der Waals surface area contributed by atoms with Crippen molar-refractivity contribution in [2.75, 3.05) is 11.9 Å². The second-order valence-electron chi connectivity index (χ2n) is 4.82. The quantitative estimate of drug-likeness (QED) is 0.719. The topological polar surface area (TPSA) is 60.5 Å². The van der Waals surface area contributed by atoms with Crippen molar-refractivity contribution in [3.63, 3.8) is 0 Å². The molecule has 0 saturated heterocycles. The van der Waals surface area contributed by atoms with Crippen molar-refractivity contribution in [2.45, 2.75) is 20.0 Å². The molecule has 25 heavy (non-hydrogen) atoms. The zero-order chi connectivity index (χ0) is 18.4. The Balaban J connectivity index is 2.27. The lowest BCUT2D eigenvalue weighted by Crippen LogP contribution is -2.14. The van der Waals surface area contributed by atoms with Crippen molar-refractivity contribution in [3.05, 3.63) is 46.2 Å². The predicted octanol–water partition coefficient (Wildman–Crippen LogP) is 5.03. The van der Waals surface area contributed by atoms with Gasteiger partial charge >= 0.3 is 6.61 Å². The van der Waals surface area contributed by atoms with Gasteiger partial charge in [-0.2, -0.15) is 8.78 Å². The summed E-state index contributed by atoms with van der Waals surface area (Å²) in [5.74, 6) is -0.710. The van der Waals surface area contributed by atoms with Crippen molar-refractivity contribution < 1.29 is 23.0 Å². The number of rotatable bonds is 7. The molecule has 0 aliphatic carbocycles. The molecule has 0 saturated carbocycles. The van der Waals surface area contributed by atoms with Crippen molar-refractivity contribution in [3.8, 4) is 11.5 Å². The van der Waals surface area contributed by atoms with Crippen LogP contribution in [0.1, 0.15) is 23.7 Å². The summed E-state index contributed by atoms with van der Waals surface area (Å²) >= 11 is 11.9. The number of amides is 1. The van der Waals surface area contributed by atoms with Crippen LogP contribution in [0.3, 0.4) is 0 Å². The van der Waals surface area contributed by atoms with Crippen LogP contribution in [0.25, 0.3) is 0 Å². The van der Waals surface area contributed by atoms with Gasteiger partial charge in [-0.25, -0.2) is 0 Å². The highest BCUT2D eigenvalue weighted by Gasteiger charge is 2.17. The van der Waals surface area contributed by atoms with Gasteiger partial charge in [0.25, 0.3) is 5.91 Å². The van der Waals surface area contributed by atoms with Crippen LogP contribution < -0.4 is 14.8 Å². The Hall–Kier alpha value is -2.12. The van der Waals surface area contributed by atoms with Gasteiger partial charge in [-0.1, -0.05) is 30.1 Å². The van der Waals surface area contributed by atoms with Gasteiger partial charge in [-0.15, -0.1) is 0 Å². The number of nitrogens with one attached hydrogen (secondary N) is 1. The van der Waals surface area contributed by atoms with Crippen molar-refractivity contribution in [2.24, 2.45) is 0 Å². The Morgan fingerprint density at radius 1 is 1.24 bits per heavy atom. The lowest BCUT2D eigenvalue weighted by molar-refractivity contribution is -0.0515. The van der Waals surface area contributed by atoms with Crippen LogP contribution in [0.5, 0.6) is 11.5 Å². The third kappa shape index (κ3) is 5.17. The number of hydrogen-bond acceptors (Lipinski definition) is 4. The van der Waals surface area contributed by atoms with Crippen molar-refractivity contribution >= 4 is 34.8 Å². The maximum atomic E-state index is 12.6. The SMILES string of the molecule is CCCOc1ccc(C(=O)Nc2c(Cl)cncc2Cl)cc1OC(F)F. The fraction of sp³-hybridized carbons (Fsp3) is 0.250. The maximum Gasteiger partial charge on any atom is 0.387 e. The van der Waals surface area contributed by atoms with Crippen LogP contribution in [-0.2, 0) is 0 Å². The van der Waals surface area contributed by atoms with Gasteiger partial charge in [-0.05, 0) is 24.6 Å². The molecule has 1 amide bonds. The average Bonchev–Trinajstić information content (AvgIpc) is 2.56. The molecule has 1 aromatic carbocycles. The van der Waals surface area contributed by atoms with Crippen LogP contribution in [-0.4, -0.2) is 24.1 Å². The molecule has 134 valence electrons. The van der Waals surface area contributed by atoms with E-state index < -0.39 is 12.5 Å². The number of anilines is 1. The monoisotopic (exact) mass is 390 g/mol. The lowest BCUT2D eigenvalue weighted by Gasteiger charge is -2.14. The molecule has 0 spiro atoms. The predicted molar refractivity (Wildman–Crippen MR) is 91.1 cm³/mol. The van der Waals surface area contributed by atoms with Gasteiger partial charge in [0.1, 0.15) is 0 Å². The summed E-state index contributed by atoms with van der Waals surface area (Å²) in [4.78, 5) is 16.1.